The first kappa shape index (κ1) is 40.2. The summed E-state index contributed by atoms with van der Waals surface area (Å²) in [5.41, 5.74) is 25.0. The highest BCUT2D eigenvalue weighted by molar-refractivity contribution is 5.95. The number of benzene rings is 2. The van der Waals surface area contributed by atoms with Gasteiger partial charge in [0.2, 0.25) is 17.7 Å². The molecule has 0 aliphatic heterocycles. The molecule has 14 nitrogen and oxygen atoms in total. The minimum atomic E-state index is -5.08. The van der Waals surface area contributed by atoms with Crippen LogP contribution in [0.3, 0.4) is 0 Å². The molecular weight excluding hydrogens is 659 g/mol. The summed E-state index contributed by atoms with van der Waals surface area (Å²) in [5, 5.41) is 20.4. The number of hydrogen-bond acceptors (Lipinski definition) is 7. The van der Waals surface area contributed by atoms with Crippen molar-refractivity contribution in [3.63, 3.8) is 0 Å². The Morgan fingerprint density at radius 2 is 1.46 bits per heavy atom. The Balaban J connectivity index is 0.00000112. The molecule has 0 aliphatic rings. The second-order valence-corrected chi connectivity index (χ2v) is 11.0. The van der Waals surface area contributed by atoms with Gasteiger partial charge in [-0.25, -0.2) is 4.79 Å². The summed E-state index contributed by atoms with van der Waals surface area (Å²) >= 11 is 0. The molecule has 1 unspecified atom stereocenters. The number of hydrogen-bond donors (Lipinski definition) is 8. The lowest BCUT2D eigenvalue weighted by molar-refractivity contribution is -0.192. The molecule has 0 aliphatic carbocycles. The Bertz CT molecular complexity index is 1600. The maximum Gasteiger partial charge on any atom is 0.490 e. The van der Waals surface area contributed by atoms with Crippen molar-refractivity contribution < 1.29 is 37.5 Å². The first-order chi connectivity index (χ1) is 23.6. The number of aryl methyl sites for hydroxylation is 1. The molecule has 1 aromatic heterocycles. The van der Waals surface area contributed by atoms with E-state index in [9.17, 15) is 27.6 Å². The zero-order valence-electron chi connectivity index (χ0n) is 26.9. The van der Waals surface area contributed by atoms with Crippen molar-refractivity contribution in [1.82, 2.24) is 15.6 Å². The number of nitrogens with one attached hydrogen (secondary N) is 3. The number of primary amides is 1. The molecule has 3 rings (SSSR count). The monoisotopic (exact) mass is 699 g/mol. The first-order valence-corrected chi connectivity index (χ1v) is 15.2. The van der Waals surface area contributed by atoms with Crippen LogP contribution in [0.4, 0.5) is 13.2 Å². The number of rotatable bonds is 16. The van der Waals surface area contributed by atoms with Crippen molar-refractivity contribution in [3.05, 3.63) is 101 Å². The fourth-order valence-electron chi connectivity index (χ4n) is 4.56. The summed E-state index contributed by atoms with van der Waals surface area (Å²) in [7, 11) is 0. The number of nitrogens with two attached hydrogens (primary N) is 4. The average Bonchev–Trinajstić information content (AvgIpc) is 3.07. The van der Waals surface area contributed by atoms with Gasteiger partial charge in [-0.3, -0.25) is 29.8 Å². The van der Waals surface area contributed by atoms with Gasteiger partial charge in [0.05, 0.1) is 5.92 Å². The summed E-state index contributed by atoms with van der Waals surface area (Å²) < 4.78 is 31.7. The Morgan fingerprint density at radius 1 is 0.840 bits per heavy atom. The summed E-state index contributed by atoms with van der Waals surface area (Å²) in [6.07, 6.45) is -0.0923. The number of carboxylic acid groups (broad SMARTS) is 1. The number of amidine groups is 1. The molecule has 50 heavy (non-hydrogen) atoms. The Morgan fingerprint density at radius 3 is 1.98 bits per heavy atom. The molecule has 3 atom stereocenters. The molecular formula is C33H40F3N9O5. The lowest BCUT2D eigenvalue weighted by Gasteiger charge is -2.25. The zero-order chi connectivity index (χ0) is 37.3. The lowest BCUT2D eigenvalue weighted by atomic mass is 9.91. The Labute approximate surface area is 286 Å². The predicted molar refractivity (Wildman–Crippen MR) is 180 cm³/mol. The normalized spacial score (nSPS) is 12.5. The van der Waals surface area contributed by atoms with Crippen LogP contribution in [-0.4, -0.2) is 70.4 Å². The number of carbonyl (C=O) groups is 4. The second kappa shape index (κ2) is 19.7. The molecule has 3 amide bonds. The molecule has 2 aromatic carbocycles. The van der Waals surface area contributed by atoms with Gasteiger partial charge < -0.3 is 38.7 Å². The molecule has 0 spiro atoms. The van der Waals surface area contributed by atoms with Gasteiger partial charge in [-0.1, -0.05) is 60.7 Å². The molecule has 0 saturated heterocycles. The third kappa shape index (κ3) is 14.4. The fraction of sp³-hybridized carbons (Fsp3) is 0.303. The molecule has 0 saturated carbocycles. The Hall–Kier alpha value is -6.00. The number of aliphatic carboxylic acids is 1. The highest BCUT2D eigenvalue weighted by Gasteiger charge is 2.38. The van der Waals surface area contributed by atoms with Crippen molar-refractivity contribution in [2.45, 2.75) is 56.3 Å². The summed E-state index contributed by atoms with van der Waals surface area (Å²) in [6, 6.07) is 18.3. The summed E-state index contributed by atoms with van der Waals surface area (Å²) in [4.78, 5) is 56.5. The van der Waals surface area contributed by atoms with Crippen molar-refractivity contribution in [2.75, 3.05) is 6.54 Å². The minimum Gasteiger partial charge on any atom is -0.475 e. The van der Waals surface area contributed by atoms with Crippen molar-refractivity contribution >= 4 is 35.5 Å². The molecule has 0 fully saturated rings. The van der Waals surface area contributed by atoms with Gasteiger partial charge in [-0.05, 0) is 54.9 Å². The maximum atomic E-state index is 13.8. The number of nitrogen functional groups attached to an aromatic ring is 1. The highest BCUT2D eigenvalue weighted by atomic mass is 19.4. The number of guanidine groups is 1. The minimum absolute atomic E-state index is 0.0501. The van der Waals surface area contributed by atoms with Crippen LogP contribution < -0.4 is 33.6 Å². The van der Waals surface area contributed by atoms with E-state index in [4.69, 9.17) is 38.2 Å². The number of halogens is 3. The molecule has 3 aromatic rings. The molecule has 12 N–H and O–H groups in total. The number of carboxylic acids is 1. The van der Waals surface area contributed by atoms with Gasteiger partial charge in [0.1, 0.15) is 17.9 Å². The number of aliphatic imine (C=N–C) groups is 1. The lowest BCUT2D eigenvalue weighted by Crippen LogP contribution is -2.53. The van der Waals surface area contributed by atoms with Crippen LogP contribution in [-0.2, 0) is 32.0 Å². The van der Waals surface area contributed by atoms with Crippen LogP contribution in [0.5, 0.6) is 0 Å². The second-order valence-electron chi connectivity index (χ2n) is 11.0. The zero-order valence-corrected chi connectivity index (χ0v) is 26.9. The molecule has 1 heterocycles. The van der Waals surface area contributed by atoms with Crippen LogP contribution in [0.15, 0.2) is 84.1 Å². The fourth-order valence-corrected chi connectivity index (χ4v) is 4.56. The van der Waals surface area contributed by atoms with E-state index >= 15 is 0 Å². The molecule has 0 bridgehead atoms. The summed E-state index contributed by atoms with van der Waals surface area (Å²) in [6.45, 7) is 0.274. The number of amides is 3. The van der Waals surface area contributed by atoms with Crippen molar-refractivity contribution in [2.24, 2.45) is 27.9 Å². The van der Waals surface area contributed by atoms with Crippen LogP contribution in [0.25, 0.3) is 0 Å². The van der Waals surface area contributed by atoms with Crippen LogP contribution in [0.1, 0.15) is 47.4 Å². The molecule has 0 radical (unpaired) electrons. The number of nitrogens with zero attached hydrogens (tertiary/aromatic N) is 2. The maximum absolute atomic E-state index is 13.8. The summed E-state index contributed by atoms with van der Waals surface area (Å²) in [5.74, 6) is -5.14. The SMILES string of the molecule is N=C(N)c1ccc(C[C@H](C(=O)N[C@@H](CCc2ccccc2)C(=O)NC(CCCN=C(N)N)C(N)=O)c2cccnc2)cc1.O=C(O)C(F)(F)F. The van der Waals surface area contributed by atoms with Gasteiger partial charge in [0, 0.05) is 24.5 Å². The third-order valence-corrected chi connectivity index (χ3v) is 7.15. The van der Waals surface area contributed by atoms with Crippen LogP contribution in [0, 0.1) is 5.41 Å². The topological polar surface area (TPSA) is 266 Å². The van der Waals surface area contributed by atoms with Gasteiger partial charge in [-0.15, -0.1) is 0 Å². The van der Waals surface area contributed by atoms with E-state index in [1.54, 1.807) is 36.7 Å². The van der Waals surface area contributed by atoms with Gasteiger partial charge in [0.15, 0.2) is 5.96 Å². The van der Waals surface area contributed by atoms with E-state index in [2.05, 4.69) is 20.6 Å². The number of pyridine rings is 1. The van der Waals surface area contributed by atoms with Gasteiger partial charge in [0.25, 0.3) is 0 Å². The van der Waals surface area contributed by atoms with Crippen LogP contribution >= 0.6 is 0 Å². The van der Waals surface area contributed by atoms with E-state index in [0.717, 1.165) is 11.1 Å². The average molecular weight is 700 g/mol. The quantitative estimate of drug-likeness (QED) is 0.0610. The van der Waals surface area contributed by atoms with Crippen molar-refractivity contribution in [1.29, 1.82) is 5.41 Å². The number of aromatic nitrogens is 1. The first-order valence-electron chi connectivity index (χ1n) is 15.2. The van der Waals surface area contributed by atoms with Gasteiger partial charge in [-0.2, -0.15) is 13.2 Å². The number of carbonyl (C=O) groups excluding carboxylic acids is 3. The molecule has 268 valence electrons. The smallest absolute Gasteiger partial charge is 0.475 e. The third-order valence-electron chi connectivity index (χ3n) is 7.15. The van der Waals surface area contributed by atoms with Crippen LogP contribution in [0.2, 0.25) is 0 Å². The predicted octanol–water partition coefficient (Wildman–Crippen LogP) is 1.47. The Kier molecular flexibility index (Phi) is 15.9. The van der Waals surface area contributed by atoms with E-state index < -0.39 is 42.0 Å². The van der Waals surface area contributed by atoms with E-state index in [-0.39, 0.29) is 37.1 Å². The van der Waals surface area contributed by atoms with E-state index in [1.807, 2.05) is 42.5 Å². The largest absolute Gasteiger partial charge is 0.490 e. The standard InChI is InChI=1S/C31H39N9O3.C2HF3O2/c32-27(33)22-13-10-21(11-14-22)18-24(23-8-4-16-37-19-23)29(42)40-26(15-12-20-6-2-1-3-7-20)30(43)39-25(28(34)41)9-5-17-38-31(35)36;3-2(4,5)1(6)7/h1-4,6-8,10-11,13-14,16,19,24-26H,5,9,12,15,17-18H2,(H3,32,33)(H2,34,41)(H,39,43)(H,40,42)(H4,35,36,38);(H,6,7)/t24-,25?,26-;/m0./s1. The van der Waals surface area contributed by atoms with E-state index in [1.165, 1.54) is 0 Å². The van der Waals surface area contributed by atoms with Gasteiger partial charge >= 0.3 is 12.1 Å². The molecule has 17 heteroatoms. The number of alkyl halides is 3. The van der Waals surface area contributed by atoms with E-state index in [0.29, 0.717) is 30.4 Å². The highest BCUT2D eigenvalue weighted by Crippen LogP contribution is 2.22. The van der Waals surface area contributed by atoms with Crippen molar-refractivity contribution in [3.8, 4) is 0 Å².